The third-order valence-corrected chi connectivity index (χ3v) is 1.51. The van der Waals surface area contributed by atoms with Crippen LogP contribution >= 0.6 is 11.3 Å². The maximum atomic E-state index is 3.72. The molecule has 0 amide bonds. The maximum Gasteiger partial charge on any atom is 0.236 e. The highest BCUT2D eigenvalue weighted by molar-refractivity contribution is 7.11. The Morgan fingerprint density at radius 1 is 1.60 bits per heavy atom. The van der Waals surface area contributed by atoms with Gasteiger partial charge in [0.15, 0.2) is 0 Å². The summed E-state index contributed by atoms with van der Waals surface area (Å²) in [7, 11) is 0. The molecule has 7 heteroatoms. The van der Waals surface area contributed by atoms with E-state index in [1.807, 2.05) is 0 Å². The second-order valence-electron chi connectivity index (χ2n) is 1.41. The van der Waals surface area contributed by atoms with E-state index in [1.54, 1.807) is 5.51 Å². The van der Waals surface area contributed by atoms with Gasteiger partial charge in [0.2, 0.25) is 11.5 Å². The zero-order chi connectivity index (χ0) is 6.81. The zero-order valence-electron chi connectivity index (χ0n) is 4.67. The molecule has 0 aliphatic heterocycles. The second kappa shape index (κ2) is 2.10. The van der Waals surface area contributed by atoms with Crippen molar-refractivity contribution < 1.29 is 0 Å². The fourth-order valence-electron chi connectivity index (χ4n) is 0.483. The Bertz CT molecular complexity index is 252. The van der Waals surface area contributed by atoms with Crippen molar-refractivity contribution >= 4 is 11.3 Å². The number of nitrogens with zero attached hydrogens (tertiary/aromatic N) is 6. The van der Waals surface area contributed by atoms with Crippen LogP contribution in [0.2, 0.25) is 0 Å². The molecule has 0 unspecified atom stereocenters. The molecule has 0 aliphatic carbocycles. The Kier molecular flexibility index (Phi) is 1.14. The molecular formula is C3HN6S. The first-order valence-corrected chi connectivity index (χ1v) is 3.27. The quantitative estimate of drug-likeness (QED) is 0.542. The molecule has 0 saturated carbocycles. The minimum absolute atomic E-state index is 0.616. The molecule has 0 fully saturated rings. The van der Waals surface area contributed by atoms with Gasteiger partial charge in [-0.3, -0.25) is 0 Å². The van der Waals surface area contributed by atoms with Gasteiger partial charge in [-0.2, -0.15) is 4.68 Å². The molecule has 0 aliphatic rings. The van der Waals surface area contributed by atoms with Crippen molar-refractivity contribution in [2.24, 2.45) is 0 Å². The molecule has 0 spiro atoms. The predicted molar refractivity (Wildman–Crippen MR) is 31.5 cm³/mol. The lowest BCUT2D eigenvalue weighted by Crippen LogP contribution is -1.93. The molecule has 1 radical (unpaired) electrons. The van der Waals surface area contributed by atoms with Crippen LogP contribution in [0.25, 0.3) is 5.13 Å². The summed E-state index contributed by atoms with van der Waals surface area (Å²) < 4.78 is 1.33. The third-order valence-electron chi connectivity index (χ3n) is 0.843. The largest absolute Gasteiger partial charge is 0.236 e. The monoisotopic (exact) mass is 153 g/mol. The number of tetrazole rings is 1. The van der Waals surface area contributed by atoms with Crippen molar-refractivity contribution in [3.8, 4) is 5.13 Å². The van der Waals surface area contributed by atoms with Gasteiger partial charge in [-0.25, -0.2) is 0 Å². The molecule has 0 atom stereocenters. The minimum Gasteiger partial charge on any atom is -0.160 e. The van der Waals surface area contributed by atoms with Crippen LogP contribution in [0.1, 0.15) is 0 Å². The summed E-state index contributed by atoms with van der Waals surface area (Å²) in [4.78, 5) is 0. The lowest BCUT2D eigenvalue weighted by atomic mass is 11.1. The molecular weight excluding hydrogens is 152 g/mol. The van der Waals surface area contributed by atoms with E-state index in [-0.39, 0.29) is 0 Å². The summed E-state index contributed by atoms with van der Waals surface area (Å²) in [5, 5.41) is 18.2. The van der Waals surface area contributed by atoms with Crippen LogP contribution in [0.15, 0.2) is 5.51 Å². The van der Waals surface area contributed by atoms with E-state index in [0.29, 0.717) is 5.13 Å². The Morgan fingerprint density at radius 3 is 3.20 bits per heavy atom. The maximum absolute atomic E-state index is 3.72. The van der Waals surface area contributed by atoms with Crippen LogP contribution in [-0.4, -0.2) is 30.4 Å². The summed E-state index contributed by atoms with van der Waals surface area (Å²) in [6, 6.07) is 0. The van der Waals surface area contributed by atoms with Gasteiger partial charge in [-0.05, 0) is 10.4 Å². The van der Waals surface area contributed by atoms with Gasteiger partial charge >= 0.3 is 0 Å². The molecule has 0 saturated heterocycles. The van der Waals surface area contributed by atoms with E-state index in [0.717, 1.165) is 0 Å². The number of hydrogen-bond donors (Lipinski definition) is 0. The fraction of sp³-hybridized carbons (Fsp3) is 0. The average Bonchev–Trinajstić information content (AvgIpc) is 2.59. The molecule has 0 aromatic carbocycles. The van der Waals surface area contributed by atoms with Gasteiger partial charge in [0, 0.05) is 0 Å². The Hall–Kier alpha value is -1.37. The summed E-state index contributed by atoms with van der Waals surface area (Å²) in [5.41, 5.74) is 1.60. The first kappa shape index (κ1) is 5.42. The molecule has 49 valence electrons. The van der Waals surface area contributed by atoms with Crippen LogP contribution in [0.5, 0.6) is 0 Å². The molecule has 2 aromatic heterocycles. The topological polar surface area (TPSA) is 69.4 Å². The van der Waals surface area contributed by atoms with Crippen LogP contribution < -0.4 is 0 Å². The Balaban J connectivity index is 2.48. The van der Waals surface area contributed by atoms with E-state index in [1.165, 1.54) is 16.0 Å². The highest BCUT2D eigenvalue weighted by atomic mass is 32.1. The van der Waals surface area contributed by atoms with Gasteiger partial charge in [-0.1, -0.05) is 11.3 Å². The van der Waals surface area contributed by atoms with E-state index in [2.05, 4.69) is 32.1 Å². The summed E-state index contributed by atoms with van der Waals surface area (Å²) in [6.07, 6.45) is 2.49. The smallest absolute Gasteiger partial charge is 0.160 e. The van der Waals surface area contributed by atoms with E-state index >= 15 is 0 Å². The fourth-order valence-corrected chi connectivity index (χ4v) is 0.943. The molecule has 2 rings (SSSR count). The lowest BCUT2D eigenvalue weighted by molar-refractivity contribution is 0.772. The van der Waals surface area contributed by atoms with Crippen LogP contribution in [-0.2, 0) is 0 Å². The highest BCUT2D eigenvalue weighted by Crippen LogP contribution is 2.03. The first-order chi connectivity index (χ1) is 4.97. The van der Waals surface area contributed by atoms with Gasteiger partial charge in [0.05, 0.1) is 0 Å². The van der Waals surface area contributed by atoms with Crippen LogP contribution in [0.3, 0.4) is 0 Å². The SMILES string of the molecule is [c]1nnnn1-c1nncs1. The van der Waals surface area contributed by atoms with Crippen molar-refractivity contribution in [3.05, 3.63) is 11.8 Å². The highest BCUT2D eigenvalue weighted by Gasteiger charge is 1.99. The van der Waals surface area contributed by atoms with Crippen molar-refractivity contribution in [2.75, 3.05) is 0 Å². The Morgan fingerprint density at radius 2 is 2.60 bits per heavy atom. The Labute approximate surface area is 59.5 Å². The molecule has 10 heavy (non-hydrogen) atoms. The molecule has 6 nitrogen and oxygen atoms in total. The first-order valence-electron chi connectivity index (χ1n) is 2.39. The standard InChI is InChI=1S/C3HN6S/c1-4-7-8-9(1)3-6-5-2-10-3/h2H. The number of aromatic nitrogens is 6. The summed E-state index contributed by atoms with van der Waals surface area (Å²) >= 11 is 1.35. The van der Waals surface area contributed by atoms with E-state index < -0.39 is 0 Å². The van der Waals surface area contributed by atoms with Gasteiger partial charge in [-0.15, -0.1) is 15.3 Å². The number of hydrogen-bond acceptors (Lipinski definition) is 6. The van der Waals surface area contributed by atoms with Crippen molar-refractivity contribution in [2.45, 2.75) is 0 Å². The minimum atomic E-state index is 0.616. The molecule has 0 bridgehead atoms. The number of rotatable bonds is 1. The predicted octanol–water partition coefficient (Wildman–Crippen LogP) is -0.686. The molecule has 2 heterocycles. The van der Waals surface area contributed by atoms with Crippen molar-refractivity contribution in [1.29, 1.82) is 0 Å². The normalized spacial score (nSPS) is 10.0. The van der Waals surface area contributed by atoms with Gasteiger partial charge in [0.25, 0.3) is 0 Å². The third kappa shape index (κ3) is 0.760. The van der Waals surface area contributed by atoms with Crippen LogP contribution in [0.4, 0.5) is 0 Å². The second-order valence-corrected chi connectivity index (χ2v) is 2.22. The van der Waals surface area contributed by atoms with Gasteiger partial charge in [0.1, 0.15) is 5.51 Å². The molecule has 2 aromatic rings. The van der Waals surface area contributed by atoms with Crippen LogP contribution in [0, 0.1) is 6.33 Å². The van der Waals surface area contributed by atoms with E-state index in [9.17, 15) is 0 Å². The lowest BCUT2D eigenvalue weighted by Gasteiger charge is -1.83. The summed E-state index contributed by atoms with van der Waals surface area (Å²) in [5.74, 6) is 0. The van der Waals surface area contributed by atoms with E-state index in [4.69, 9.17) is 0 Å². The van der Waals surface area contributed by atoms with Crippen molar-refractivity contribution in [1.82, 2.24) is 30.4 Å². The zero-order valence-corrected chi connectivity index (χ0v) is 5.49. The van der Waals surface area contributed by atoms with Gasteiger partial charge < -0.3 is 0 Å². The molecule has 0 N–H and O–H groups in total. The summed E-state index contributed by atoms with van der Waals surface area (Å²) in [6.45, 7) is 0. The van der Waals surface area contributed by atoms with Crippen molar-refractivity contribution in [3.63, 3.8) is 0 Å². The average molecular weight is 153 g/mol.